The number of methoxy groups -OCH3 is 1. The highest BCUT2D eigenvalue weighted by Crippen LogP contribution is 2.40. The fourth-order valence-electron chi connectivity index (χ4n) is 4.15. The summed E-state index contributed by atoms with van der Waals surface area (Å²) in [6.45, 7) is 4.49. The number of anilines is 2. The van der Waals surface area contributed by atoms with Crippen LogP contribution in [0.2, 0.25) is 0 Å². The van der Waals surface area contributed by atoms with Crippen LogP contribution in [-0.4, -0.2) is 43.4 Å². The molecule has 1 aromatic carbocycles. The second-order valence-electron chi connectivity index (χ2n) is 7.39. The van der Waals surface area contributed by atoms with E-state index in [0.717, 1.165) is 73.6 Å². The van der Waals surface area contributed by atoms with Gasteiger partial charge in [0.1, 0.15) is 36.0 Å². The first-order valence-electron chi connectivity index (χ1n) is 9.94. The quantitative estimate of drug-likeness (QED) is 0.692. The van der Waals surface area contributed by atoms with Crippen LogP contribution < -0.4 is 15.0 Å². The Balaban J connectivity index is 1.56. The van der Waals surface area contributed by atoms with Crippen LogP contribution in [0.1, 0.15) is 22.7 Å². The number of nitrogens with zero attached hydrogens (tertiary/aromatic N) is 2. The minimum atomic E-state index is 0.817. The minimum absolute atomic E-state index is 0.817. The molecule has 1 aliphatic carbocycles. The molecule has 0 atom stereocenters. The third-order valence-electron chi connectivity index (χ3n) is 5.58. The maximum atomic E-state index is 5.53. The highest BCUT2D eigenvalue weighted by atomic mass is 32.1. The largest absolute Gasteiger partial charge is 0.495 e. The van der Waals surface area contributed by atoms with Gasteiger partial charge in [0.05, 0.1) is 31.4 Å². The lowest BCUT2D eigenvalue weighted by Crippen LogP contribution is -3.12. The van der Waals surface area contributed by atoms with Crippen molar-refractivity contribution in [2.45, 2.75) is 25.8 Å². The van der Waals surface area contributed by atoms with E-state index >= 15 is 0 Å². The van der Waals surface area contributed by atoms with Crippen LogP contribution in [0.4, 0.5) is 11.5 Å². The van der Waals surface area contributed by atoms with Crippen LogP contribution in [-0.2, 0) is 24.1 Å². The van der Waals surface area contributed by atoms with Gasteiger partial charge in [0.25, 0.3) is 0 Å². The highest BCUT2D eigenvalue weighted by Gasteiger charge is 2.24. The van der Waals surface area contributed by atoms with Gasteiger partial charge in [-0.05, 0) is 37.0 Å². The zero-order valence-electron chi connectivity index (χ0n) is 16.1. The van der Waals surface area contributed by atoms with Crippen molar-refractivity contribution in [2.75, 3.05) is 38.7 Å². The lowest BCUT2D eigenvalue weighted by atomic mass is 10.2. The molecule has 1 aliphatic heterocycles. The molecule has 6 nitrogen and oxygen atoms in total. The van der Waals surface area contributed by atoms with E-state index in [-0.39, 0.29) is 0 Å². The highest BCUT2D eigenvalue weighted by molar-refractivity contribution is 7.19. The first kappa shape index (κ1) is 17.8. The summed E-state index contributed by atoms with van der Waals surface area (Å²) in [5.41, 5.74) is 2.37. The van der Waals surface area contributed by atoms with E-state index < -0.39 is 0 Å². The molecule has 0 unspecified atom stereocenters. The smallest absolute Gasteiger partial charge is 0.187 e. The zero-order chi connectivity index (χ0) is 18.9. The van der Waals surface area contributed by atoms with Crippen molar-refractivity contribution in [3.05, 3.63) is 40.5 Å². The maximum Gasteiger partial charge on any atom is 0.187 e. The molecule has 1 fully saturated rings. The third kappa shape index (κ3) is 3.34. The number of para-hydroxylation sites is 2. The Labute approximate surface area is 168 Å². The number of hydrogen-bond donors (Lipinski definition) is 2. The van der Waals surface area contributed by atoms with Gasteiger partial charge in [0.15, 0.2) is 5.82 Å². The van der Waals surface area contributed by atoms with Crippen LogP contribution >= 0.6 is 11.3 Å². The minimum Gasteiger partial charge on any atom is -0.495 e. The van der Waals surface area contributed by atoms with Crippen molar-refractivity contribution < 1.29 is 14.4 Å². The average molecular weight is 398 g/mol. The summed E-state index contributed by atoms with van der Waals surface area (Å²) in [5, 5.41) is 4.75. The molecule has 0 bridgehead atoms. The number of aromatic nitrogens is 2. The normalized spacial score (nSPS) is 17.0. The van der Waals surface area contributed by atoms with Crippen molar-refractivity contribution in [2.24, 2.45) is 0 Å². The topological polar surface area (TPSA) is 60.7 Å². The molecule has 3 aromatic rings. The van der Waals surface area contributed by atoms with Gasteiger partial charge in [0, 0.05) is 4.88 Å². The van der Waals surface area contributed by atoms with E-state index in [1.165, 1.54) is 27.1 Å². The number of ether oxygens (including phenoxy) is 2. The van der Waals surface area contributed by atoms with Gasteiger partial charge >= 0.3 is 0 Å². The maximum absolute atomic E-state index is 5.53. The monoisotopic (exact) mass is 397 g/mol. The van der Waals surface area contributed by atoms with Gasteiger partial charge in [-0.25, -0.2) is 9.97 Å². The predicted molar refractivity (Wildman–Crippen MR) is 111 cm³/mol. The van der Waals surface area contributed by atoms with Gasteiger partial charge in [-0.3, -0.25) is 0 Å². The molecule has 2 N–H and O–H groups in total. The third-order valence-corrected chi connectivity index (χ3v) is 6.76. The predicted octanol–water partition coefficient (Wildman–Crippen LogP) is 2.35. The Bertz CT molecular complexity index is 997. The number of benzene rings is 1. The molecule has 146 valence electrons. The van der Waals surface area contributed by atoms with Crippen LogP contribution in [0.25, 0.3) is 10.2 Å². The zero-order valence-corrected chi connectivity index (χ0v) is 16.9. The first-order valence-corrected chi connectivity index (χ1v) is 10.8. The van der Waals surface area contributed by atoms with Crippen LogP contribution in [0.5, 0.6) is 5.75 Å². The molecule has 2 aliphatic rings. The lowest BCUT2D eigenvalue weighted by Gasteiger charge is -2.23. The SMILES string of the molecule is COc1ccccc1Nc1nc(C[NH+]2CCOCC2)nc2sc3c(c12)CCC3. The van der Waals surface area contributed by atoms with Gasteiger partial charge in [-0.15, -0.1) is 11.3 Å². The molecule has 28 heavy (non-hydrogen) atoms. The molecular formula is C21H25N4O2S+. The van der Waals surface area contributed by atoms with Crippen LogP contribution in [0.3, 0.4) is 0 Å². The summed E-state index contributed by atoms with van der Waals surface area (Å²) in [4.78, 5) is 14.0. The van der Waals surface area contributed by atoms with Gasteiger partial charge in [-0.2, -0.15) is 0 Å². The molecule has 0 saturated carbocycles. The fraction of sp³-hybridized carbons (Fsp3) is 0.429. The lowest BCUT2D eigenvalue weighted by molar-refractivity contribution is -0.922. The second kappa shape index (κ2) is 7.66. The summed E-state index contributed by atoms with van der Waals surface area (Å²) in [6.07, 6.45) is 3.51. The Hall–Kier alpha value is -2.22. The van der Waals surface area contributed by atoms with Crippen molar-refractivity contribution >= 4 is 33.1 Å². The molecule has 7 heteroatoms. The van der Waals surface area contributed by atoms with E-state index in [1.54, 1.807) is 7.11 Å². The first-order chi connectivity index (χ1) is 13.8. The number of thiophene rings is 1. The summed E-state index contributed by atoms with van der Waals surface area (Å²) in [6, 6.07) is 8.00. The Morgan fingerprint density at radius 1 is 1.18 bits per heavy atom. The van der Waals surface area contributed by atoms with Crippen LogP contribution in [0.15, 0.2) is 24.3 Å². The van der Waals surface area contributed by atoms with E-state index in [9.17, 15) is 0 Å². The van der Waals surface area contributed by atoms with E-state index in [1.807, 2.05) is 35.6 Å². The van der Waals surface area contributed by atoms with E-state index in [0.29, 0.717) is 0 Å². The molecule has 0 amide bonds. The van der Waals surface area contributed by atoms with Crippen molar-refractivity contribution in [1.29, 1.82) is 0 Å². The Kier molecular flexibility index (Phi) is 4.88. The van der Waals surface area contributed by atoms with Crippen molar-refractivity contribution in [3.8, 4) is 5.75 Å². The number of hydrogen-bond acceptors (Lipinski definition) is 6. The Morgan fingerprint density at radius 2 is 2.04 bits per heavy atom. The summed E-state index contributed by atoms with van der Waals surface area (Å²) < 4.78 is 11.0. The molecule has 2 aromatic heterocycles. The van der Waals surface area contributed by atoms with Gasteiger partial charge in [-0.1, -0.05) is 12.1 Å². The summed E-state index contributed by atoms with van der Waals surface area (Å²) in [7, 11) is 1.70. The van der Waals surface area contributed by atoms with Gasteiger partial charge < -0.3 is 19.7 Å². The molecule has 0 radical (unpaired) electrons. The van der Waals surface area contributed by atoms with Crippen LogP contribution in [0, 0.1) is 0 Å². The molecule has 1 saturated heterocycles. The number of rotatable bonds is 5. The molecule has 5 rings (SSSR count). The fourth-order valence-corrected chi connectivity index (χ4v) is 5.43. The molecule has 3 heterocycles. The molecular weight excluding hydrogens is 372 g/mol. The van der Waals surface area contributed by atoms with Gasteiger partial charge in [0.2, 0.25) is 0 Å². The summed E-state index contributed by atoms with van der Waals surface area (Å²) in [5.74, 6) is 2.64. The Morgan fingerprint density at radius 3 is 2.89 bits per heavy atom. The summed E-state index contributed by atoms with van der Waals surface area (Å²) >= 11 is 1.84. The van der Waals surface area contributed by atoms with Crippen molar-refractivity contribution in [3.63, 3.8) is 0 Å². The number of morpholine rings is 1. The number of nitrogens with one attached hydrogen (secondary N) is 2. The van der Waals surface area contributed by atoms with E-state index in [4.69, 9.17) is 19.4 Å². The molecule has 0 spiro atoms. The second-order valence-corrected chi connectivity index (χ2v) is 8.47. The number of fused-ring (bicyclic) bond motifs is 3. The number of quaternary nitrogens is 1. The number of aryl methyl sites for hydroxylation is 2. The van der Waals surface area contributed by atoms with E-state index in [2.05, 4.69) is 5.32 Å². The standard InChI is InChI=1S/C21H24N4O2S/c1-26-16-7-3-2-6-15(16)22-20-19-14-5-4-8-17(14)28-21(19)24-18(23-20)13-25-9-11-27-12-10-25/h2-3,6-7H,4-5,8-13H2,1H3,(H,22,23,24)/p+1. The average Bonchev–Trinajstić information content (AvgIpc) is 3.30. The van der Waals surface area contributed by atoms with Crippen molar-refractivity contribution in [1.82, 2.24) is 9.97 Å².